The number of benzene rings is 1. The number of rotatable bonds is 5. The van der Waals surface area contributed by atoms with Crippen LogP contribution in [0.2, 0.25) is 0 Å². The van der Waals surface area contributed by atoms with Gasteiger partial charge >= 0.3 is 5.97 Å². The van der Waals surface area contributed by atoms with Crippen molar-refractivity contribution in [2.45, 2.75) is 26.7 Å². The summed E-state index contributed by atoms with van der Waals surface area (Å²) in [5.41, 5.74) is 1.78. The van der Waals surface area contributed by atoms with Gasteiger partial charge in [-0.1, -0.05) is 19.1 Å². The molecule has 0 unspecified atom stereocenters. The number of aliphatic carboxylic acids is 1. The van der Waals surface area contributed by atoms with Crippen molar-refractivity contribution < 1.29 is 14.7 Å². The number of nitrogens with one attached hydrogen (secondary N) is 1. The molecule has 0 aromatic heterocycles. The number of amides is 1. The van der Waals surface area contributed by atoms with Crippen LogP contribution in [0, 0.1) is 5.92 Å². The van der Waals surface area contributed by atoms with Crippen LogP contribution in [0.3, 0.4) is 0 Å². The molecule has 0 saturated carbocycles. The van der Waals surface area contributed by atoms with E-state index >= 15 is 0 Å². The summed E-state index contributed by atoms with van der Waals surface area (Å²) in [4.78, 5) is 21.6. The fourth-order valence-electron chi connectivity index (χ4n) is 1.51. The van der Waals surface area contributed by atoms with E-state index in [1.807, 2.05) is 24.3 Å². The van der Waals surface area contributed by atoms with Gasteiger partial charge in [-0.3, -0.25) is 9.59 Å². The van der Waals surface area contributed by atoms with Gasteiger partial charge in [-0.2, -0.15) is 0 Å². The van der Waals surface area contributed by atoms with Crippen molar-refractivity contribution in [2.24, 2.45) is 5.92 Å². The molecule has 0 bridgehead atoms. The molecule has 1 atom stereocenters. The molecule has 1 aromatic carbocycles. The number of carboxylic acid groups (broad SMARTS) is 1. The van der Waals surface area contributed by atoms with Crippen molar-refractivity contribution in [3.8, 4) is 0 Å². The highest BCUT2D eigenvalue weighted by Crippen LogP contribution is 2.14. The minimum atomic E-state index is -0.775. The summed E-state index contributed by atoms with van der Waals surface area (Å²) in [6.07, 6.45) is 1.29. The van der Waals surface area contributed by atoms with Crippen LogP contribution in [-0.2, 0) is 16.0 Å². The Hall–Kier alpha value is -1.84. The maximum atomic E-state index is 10.9. The van der Waals surface area contributed by atoms with Crippen molar-refractivity contribution in [1.29, 1.82) is 0 Å². The van der Waals surface area contributed by atoms with Crippen molar-refractivity contribution in [2.75, 3.05) is 5.32 Å². The first-order valence-corrected chi connectivity index (χ1v) is 5.58. The number of carbonyl (C=O) groups excluding carboxylic acids is 1. The summed E-state index contributed by atoms with van der Waals surface area (Å²) in [6, 6.07) is 7.47. The molecule has 2 N–H and O–H groups in total. The zero-order valence-corrected chi connectivity index (χ0v) is 10.1. The SMILES string of the molecule is CC(=O)Nc1cccc(CC[C@@H](C)C(=O)O)c1. The van der Waals surface area contributed by atoms with Gasteiger partial charge in [0.15, 0.2) is 0 Å². The van der Waals surface area contributed by atoms with Gasteiger partial charge in [0, 0.05) is 12.6 Å². The second-order valence-corrected chi connectivity index (χ2v) is 4.16. The Kier molecular flexibility index (Phi) is 4.69. The number of carboxylic acids is 1. The number of hydrogen-bond donors (Lipinski definition) is 2. The lowest BCUT2D eigenvalue weighted by Crippen LogP contribution is -2.10. The molecule has 0 radical (unpaired) electrons. The first-order valence-electron chi connectivity index (χ1n) is 5.58. The molecular weight excluding hydrogens is 218 g/mol. The summed E-state index contributed by atoms with van der Waals surface area (Å²) in [6.45, 7) is 3.15. The molecular formula is C13H17NO3. The van der Waals surface area contributed by atoms with E-state index in [2.05, 4.69) is 5.32 Å². The first-order chi connectivity index (χ1) is 7.99. The van der Waals surface area contributed by atoms with Crippen molar-refractivity contribution in [3.63, 3.8) is 0 Å². The van der Waals surface area contributed by atoms with Gasteiger partial charge in [0.25, 0.3) is 0 Å². The second kappa shape index (κ2) is 6.03. The van der Waals surface area contributed by atoms with Crippen molar-refractivity contribution in [3.05, 3.63) is 29.8 Å². The van der Waals surface area contributed by atoms with Gasteiger partial charge in [-0.05, 0) is 30.5 Å². The van der Waals surface area contributed by atoms with Crippen molar-refractivity contribution in [1.82, 2.24) is 0 Å². The summed E-state index contributed by atoms with van der Waals surface area (Å²) < 4.78 is 0. The molecule has 0 aliphatic carbocycles. The van der Waals surface area contributed by atoms with E-state index < -0.39 is 5.97 Å². The monoisotopic (exact) mass is 235 g/mol. The van der Waals surface area contributed by atoms with E-state index in [4.69, 9.17) is 5.11 Å². The zero-order chi connectivity index (χ0) is 12.8. The van der Waals surface area contributed by atoms with E-state index in [1.54, 1.807) is 6.92 Å². The summed E-state index contributed by atoms with van der Waals surface area (Å²) in [7, 11) is 0. The minimum absolute atomic E-state index is 0.110. The van der Waals surface area contributed by atoms with Gasteiger partial charge in [-0.25, -0.2) is 0 Å². The quantitative estimate of drug-likeness (QED) is 0.822. The third-order valence-electron chi connectivity index (χ3n) is 2.53. The molecule has 1 amide bonds. The van der Waals surface area contributed by atoms with E-state index in [0.717, 1.165) is 11.3 Å². The number of aryl methyl sites for hydroxylation is 1. The highest BCUT2D eigenvalue weighted by molar-refractivity contribution is 5.88. The number of hydrogen-bond acceptors (Lipinski definition) is 2. The second-order valence-electron chi connectivity index (χ2n) is 4.16. The fraction of sp³-hybridized carbons (Fsp3) is 0.385. The van der Waals surface area contributed by atoms with Crippen LogP contribution in [-0.4, -0.2) is 17.0 Å². The van der Waals surface area contributed by atoms with E-state index in [9.17, 15) is 9.59 Å². The zero-order valence-electron chi connectivity index (χ0n) is 10.1. The van der Waals surface area contributed by atoms with Gasteiger partial charge < -0.3 is 10.4 Å². The molecule has 1 rings (SSSR count). The Morgan fingerprint density at radius 1 is 1.41 bits per heavy atom. The van der Waals surface area contributed by atoms with Gasteiger partial charge in [-0.15, -0.1) is 0 Å². The molecule has 0 spiro atoms. The molecule has 1 aromatic rings. The first kappa shape index (κ1) is 13.2. The lowest BCUT2D eigenvalue weighted by molar-refractivity contribution is -0.141. The molecule has 0 aliphatic heterocycles. The Morgan fingerprint density at radius 3 is 2.71 bits per heavy atom. The van der Waals surface area contributed by atoms with Crippen LogP contribution in [0.25, 0.3) is 0 Å². The summed E-state index contributed by atoms with van der Waals surface area (Å²) in [5, 5.41) is 11.5. The van der Waals surface area contributed by atoms with Crippen LogP contribution in [0.15, 0.2) is 24.3 Å². The normalized spacial score (nSPS) is 11.9. The summed E-state index contributed by atoms with van der Waals surface area (Å²) >= 11 is 0. The van der Waals surface area contributed by atoms with E-state index in [0.29, 0.717) is 12.8 Å². The largest absolute Gasteiger partial charge is 0.481 e. The Balaban J connectivity index is 2.59. The maximum absolute atomic E-state index is 10.9. The lowest BCUT2D eigenvalue weighted by Gasteiger charge is -2.08. The van der Waals surface area contributed by atoms with Crippen LogP contribution >= 0.6 is 0 Å². The summed E-state index contributed by atoms with van der Waals surface area (Å²) in [5.74, 6) is -1.23. The predicted octanol–water partition coefficient (Wildman–Crippen LogP) is 2.30. The Labute approximate surface area is 101 Å². The minimum Gasteiger partial charge on any atom is -0.481 e. The smallest absolute Gasteiger partial charge is 0.306 e. The molecule has 0 heterocycles. The number of anilines is 1. The standard InChI is InChI=1S/C13H17NO3/c1-9(13(16)17)6-7-11-4-3-5-12(8-11)14-10(2)15/h3-5,8-9H,6-7H2,1-2H3,(H,14,15)(H,16,17)/t9-/m1/s1. The molecule has 17 heavy (non-hydrogen) atoms. The fourth-order valence-corrected chi connectivity index (χ4v) is 1.51. The van der Waals surface area contributed by atoms with Gasteiger partial charge in [0.2, 0.25) is 5.91 Å². The highest BCUT2D eigenvalue weighted by atomic mass is 16.4. The highest BCUT2D eigenvalue weighted by Gasteiger charge is 2.10. The molecule has 92 valence electrons. The number of carbonyl (C=O) groups is 2. The molecule has 0 fully saturated rings. The third-order valence-corrected chi connectivity index (χ3v) is 2.53. The predicted molar refractivity (Wildman–Crippen MR) is 65.9 cm³/mol. The average molecular weight is 235 g/mol. The van der Waals surface area contributed by atoms with Crippen LogP contribution < -0.4 is 5.32 Å². The van der Waals surface area contributed by atoms with Crippen LogP contribution in [0.4, 0.5) is 5.69 Å². The molecule has 0 saturated heterocycles. The van der Waals surface area contributed by atoms with E-state index in [1.165, 1.54) is 6.92 Å². The Bertz CT molecular complexity index is 415. The lowest BCUT2D eigenvalue weighted by atomic mass is 10.0. The topological polar surface area (TPSA) is 66.4 Å². The van der Waals surface area contributed by atoms with E-state index in [-0.39, 0.29) is 11.8 Å². The molecule has 0 aliphatic rings. The van der Waals surface area contributed by atoms with Crippen LogP contribution in [0.5, 0.6) is 0 Å². The third kappa shape index (κ3) is 4.68. The maximum Gasteiger partial charge on any atom is 0.306 e. The van der Waals surface area contributed by atoms with Crippen LogP contribution in [0.1, 0.15) is 25.8 Å². The average Bonchev–Trinajstić information content (AvgIpc) is 2.25. The Morgan fingerprint density at radius 2 is 2.12 bits per heavy atom. The van der Waals surface area contributed by atoms with Gasteiger partial charge in [0.1, 0.15) is 0 Å². The van der Waals surface area contributed by atoms with Crippen molar-refractivity contribution >= 4 is 17.6 Å². The molecule has 4 heteroatoms. The van der Waals surface area contributed by atoms with Gasteiger partial charge in [0.05, 0.1) is 5.92 Å². The molecule has 4 nitrogen and oxygen atoms in total.